The lowest BCUT2D eigenvalue weighted by atomic mass is 9.98. The van der Waals surface area contributed by atoms with Crippen LogP contribution >= 0.6 is 0 Å². The van der Waals surface area contributed by atoms with Gasteiger partial charge in [-0.25, -0.2) is 0 Å². The van der Waals surface area contributed by atoms with Gasteiger partial charge in [0.1, 0.15) is 0 Å². The molecule has 2 aromatic rings. The van der Waals surface area contributed by atoms with E-state index in [1.807, 2.05) is 0 Å². The number of fused-ring (bicyclic) bond motifs is 1. The molecule has 0 spiro atoms. The van der Waals surface area contributed by atoms with Gasteiger partial charge in [0.2, 0.25) is 0 Å². The Morgan fingerprint density at radius 1 is 1.05 bits per heavy atom. The van der Waals surface area contributed by atoms with Gasteiger partial charge in [-0.2, -0.15) is 0 Å². The summed E-state index contributed by atoms with van der Waals surface area (Å²) >= 11 is 0. The number of likely N-dealkylation sites (tertiary alicyclic amines) is 1. The van der Waals surface area contributed by atoms with E-state index in [-0.39, 0.29) is 0 Å². The lowest BCUT2D eigenvalue weighted by Crippen LogP contribution is -2.41. The molecule has 2 aliphatic rings. The van der Waals surface area contributed by atoms with Gasteiger partial charge in [-0.15, -0.1) is 0 Å². The molecule has 1 aromatic heterocycles. The normalized spacial score (nSPS) is 24.3. The van der Waals surface area contributed by atoms with Crippen LogP contribution in [0.1, 0.15) is 17.9 Å². The van der Waals surface area contributed by atoms with E-state index in [0.29, 0.717) is 5.92 Å². The average molecular weight is 299 g/mol. The number of hydrogen-bond acceptors (Lipinski definition) is 3. The van der Waals surface area contributed by atoms with Crippen molar-refractivity contribution < 1.29 is 4.74 Å². The predicted octanol–water partition coefficient (Wildman–Crippen LogP) is 2.29. The fourth-order valence-electron chi connectivity index (χ4n) is 3.83. The van der Waals surface area contributed by atoms with E-state index in [2.05, 4.69) is 45.2 Å². The first-order valence-corrected chi connectivity index (χ1v) is 8.48. The van der Waals surface area contributed by atoms with Crippen LogP contribution in [0.4, 0.5) is 0 Å². The number of aromatic nitrogens is 1. The maximum atomic E-state index is 5.42. The number of rotatable bonds is 4. The standard InChI is InChI=1S/C18H25N3O/c1-2-4-18-16(3-1)17(13-19-18)15-5-6-21(14-15)8-7-20-9-11-22-12-10-20/h1-4,13,15,19H,5-12,14H2/t15-/m1/s1. The number of aromatic amines is 1. The Morgan fingerprint density at radius 3 is 2.77 bits per heavy atom. The molecule has 1 N–H and O–H groups in total. The van der Waals surface area contributed by atoms with Gasteiger partial charge < -0.3 is 14.6 Å². The van der Waals surface area contributed by atoms with Gasteiger partial charge >= 0.3 is 0 Å². The molecule has 3 heterocycles. The van der Waals surface area contributed by atoms with Crippen LogP contribution in [0.3, 0.4) is 0 Å². The van der Waals surface area contributed by atoms with Crippen LogP contribution in [-0.4, -0.2) is 67.3 Å². The molecule has 2 fully saturated rings. The summed E-state index contributed by atoms with van der Waals surface area (Å²) in [6, 6.07) is 8.66. The van der Waals surface area contributed by atoms with Gasteiger partial charge in [0.25, 0.3) is 0 Å². The molecule has 118 valence electrons. The van der Waals surface area contributed by atoms with E-state index in [9.17, 15) is 0 Å². The largest absolute Gasteiger partial charge is 0.379 e. The number of benzene rings is 1. The summed E-state index contributed by atoms with van der Waals surface area (Å²) in [6.07, 6.45) is 3.51. The van der Waals surface area contributed by atoms with Crippen LogP contribution in [0, 0.1) is 0 Å². The first-order valence-electron chi connectivity index (χ1n) is 8.48. The van der Waals surface area contributed by atoms with E-state index in [1.54, 1.807) is 0 Å². The first-order chi connectivity index (χ1) is 10.9. The molecule has 0 radical (unpaired) electrons. The van der Waals surface area contributed by atoms with Crippen molar-refractivity contribution in [2.75, 3.05) is 52.5 Å². The zero-order valence-electron chi connectivity index (χ0n) is 13.1. The van der Waals surface area contributed by atoms with Crippen molar-refractivity contribution in [2.24, 2.45) is 0 Å². The summed E-state index contributed by atoms with van der Waals surface area (Å²) in [5, 5.41) is 1.41. The minimum atomic E-state index is 0.681. The molecule has 4 rings (SSSR count). The summed E-state index contributed by atoms with van der Waals surface area (Å²) in [4.78, 5) is 8.58. The lowest BCUT2D eigenvalue weighted by Gasteiger charge is -2.28. The van der Waals surface area contributed by atoms with Gasteiger partial charge in [-0.05, 0) is 30.5 Å². The smallest absolute Gasteiger partial charge is 0.0594 e. The molecule has 1 atom stereocenters. The van der Waals surface area contributed by atoms with E-state index >= 15 is 0 Å². The summed E-state index contributed by atoms with van der Waals surface area (Å²) < 4.78 is 5.42. The van der Waals surface area contributed by atoms with Crippen molar-refractivity contribution in [1.29, 1.82) is 0 Å². The van der Waals surface area contributed by atoms with Crippen molar-refractivity contribution >= 4 is 10.9 Å². The summed E-state index contributed by atoms with van der Waals surface area (Å²) in [7, 11) is 0. The van der Waals surface area contributed by atoms with Crippen molar-refractivity contribution in [3.63, 3.8) is 0 Å². The number of nitrogens with one attached hydrogen (secondary N) is 1. The highest BCUT2D eigenvalue weighted by Crippen LogP contribution is 2.32. The Morgan fingerprint density at radius 2 is 1.86 bits per heavy atom. The third-order valence-corrected chi connectivity index (χ3v) is 5.17. The minimum absolute atomic E-state index is 0.681. The average Bonchev–Trinajstić information content (AvgIpc) is 3.20. The third kappa shape index (κ3) is 2.91. The second-order valence-corrected chi connectivity index (χ2v) is 6.53. The van der Waals surface area contributed by atoms with E-state index in [1.165, 1.54) is 49.1 Å². The van der Waals surface area contributed by atoms with Gasteiger partial charge in [0.15, 0.2) is 0 Å². The van der Waals surface area contributed by atoms with Gasteiger partial charge in [0.05, 0.1) is 13.2 Å². The molecule has 4 heteroatoms. The highest BCUT2D eigenvalue weighted by molar-refractivity contribution is 5.83. The maximum Gasteiger partial charge on any atom is 0.0594 e. The van der Waals surface area contributed by atoms with E-state index in [0.717, 1.165) is 26.3 Å². The molecule has 4 nitrogen and oxygen atoms in total. The Labute approximate surface area is 132 Å². The zero-order valence-corrected chi connectivity index (χ0v) is 13.1. The number of morpholine rings is 1. The number of H-pyrrole nitrogens is 1. The molecule has 2 aliphatic heterocycles. The number of para-hydroxylation sites is 1. The predicted molar refractivity (Wildman–Crippen MR) is 89.4 cm³/mol. The quantitative estimate of drug-likeness (QED) is 0.940. The van der Waals surface area contributed by atoms with Crippen LogP contribution in [0.15, 0.2) is 30.5 Å². The number of hydrogen-bond donors (Lipinski definition) is 1. The summed E-state index contributed by atoms with van der Waals surface area (Å²) in [6.45, 7) is 8.80. The molecule has 0 saturated carbocycles. The molecule has 0 unspecified atom stereocenters. The van der Waals surface area contributed by atoms with Gasteiger partial charge in [0, 0.05) is 49.8 Å². The molecule has 0 aliphatic carbocycles. The van der Waals surface area contributed by atoms with E-state index in [4.69, 9.17) is 4.74 Å². The van der Waals surface area contributed by atoms with Crippen LogP contribution in [0.5, 0.6) is 0 Å². The molecular formula is C18H25N3O. The summed E-state index contributed by atoms with van der Waals surface area (Å²) in [5.41, 5.74) is 2.77. The Hall–Kier alpha value is -1.36. The molecular weight excluding hydrogens is 274 g/mol. The Kier molecular flexibility index (Phi) is 4.15. The second-order valence-electron chi connectivity index (χ2n) is 6.53. The van der Waals surface area contributed by atoms with Crippen molar-refractivity contribution in [3.8, 4) is 0 Å². The van der Waals surface area contributed by atoms with Crippen LogP contribution < -0.4 is 0 Å². The molecule has 22 heavy (non-hydrogen) atoms. The van der Waals surface area contributed by atoms with E-state index < -0.39 is 0 Å². The van der Waals surface area contributed by atoms with Crippen LogP contribution in [0.25, 0.3) is 10.9 Å². The highest BCUT2D eigenvalue weighted by atomic mass is 16.5. The summed E-state index contributed by atoms with van der Waals surface area (Å²) in [5.74, 6) is 0.681. The Balaban J connectivity index is 1.36. The maximum absolute atomic E-state index is 5.42. The number of nitrogens with zero attached hydrogens (tertiary/aromatic N) is 2. The SMILES string of the molecule is c1ccc2c([C@@H]3CCN(CCN4CCOCC4)C3)c[nH]c2c1. The van der Waals surface area contributed by atoms with Crippen LogP contribution in [-0.2, 0) is 4.74 Å². The Bertz CT molecular complexity index is 618. The highest BCUT2D eigenvalue weighted by Gasteiger charge is 2.26. The van der Waals surface area contributed by atoms with Gasteiger partial charge in [-0.1, -0.05) is 18.2 Å². The minimum Gasteiger partial charge on any atom is -0.379 e. The van der Waals surface area contributed by atoms with Crippen LogP contribution in [0.2, 0.25) is 0 Å². The molecule has 0 amide bonds. The van der Waals surface area contributed by atoms with Crippen molar-refractivity contribution in [3.05, 3.63) is 36.0 Å². The number of ether oxygens (including phenoxy) is 1. The van der Waals surface area contributed by atoms with Crippen molar-refractivity contribution in [2.45, 2.75) is 12.3 Å². The lowest BCUT2D eigenvalue weighted by molar-refractivity contribution is 0.0343. The van der Waals surface area contributed by atoms with Crippen molar-refractivity contribution in [1.82, 2.24) is 14.8 Å². The third-order valence-electron chi connectivity index (χ3n) is 5.17. The monoisotopic (exact) mass is 299 g/mol. The fraction of sp³-hybridized carbons (Fsp3) is 0.556. The molecule has 2 saturated heterocycles. The van der Waals surface area contributed by atoms with Gasteiger partial charge in [-0.3, -0.25) is 4.90 Å². The second kappa shape index (κ2) is 6.41. The molecule has 1 aromatic carbocycles. The fourth-order valence-corrected chi connectivity index (χ4v) is 3.83. The molecule has 0 bridgehead atoms. The topological polar surface area (TPSA) is 31.5 Å². The first kappa shape index (κ1) is 14.2. The zero-order chi connectivity index (χ0) is 14.8.